The quantitative estimate of drug-likeness (QED) is 0.860. The van der Waals surface area contributed by atoms with E-state index in [1.54, 1.807) is 4.90 Å². The fourth-order valence-corrected chi connectivity index (χ4v) is 1.69. The zero-order valence-corrected chi connectivity index (χ0v) is 11.8. The van der Waals surface area contributed by atoms with Crippen molar-refractivity contribution in [3.8, 4) is 17.1 Å². The lowest BCUT2D eigenvalue weighted by Gasteiger charge is -2.11. The molecular formula is C13H15ClN4O. The number of nitrogens with zero attached hydrogens (tertiary/aromatic N) is 4. The first-order valence-corrected chi connectivity index (χ1v) is 6.30. The molecule has 2 rings (SSSR count). The third-order valence-corrected chi connectivity index (χ3v) is 2.59. The van der Waals surface area contributed by atoms with Gasteiger partial charge < -0.3 is 9.64 Å². The summed E-state index contributed by atoms with van der Waals surface area (Å²) in [6, 6.07) is 7.56. The molecule has 0 bridgehead atoms. The topological polar surface area (TPSA) is 51.1 Å². The van der Waals surface area contributed by atoms with Crippen molar-refractivity contribution < 1.29 is 4.74 Å². The summed E-state index contributed by atoms with van der Waals surface area (Å²) in [6.45, 7) is 2.59. The Morgan fingerprint density at radius 3 is 2.37 bits per heavy atom. The minimum atomic E-state index is 0.183. The summed E-state index contributed by atoms with van der Waals surface area (Å²) >= 11 is 5.91. The minimum absolute atomic E-state index is 0.183. The Labute approximate surface area is 117 Å². The van der Waals surface area contributed by atoms with Gasteiger partial charge in [0, 0.05) is 19.7 Å². The monoisotopic (exact) mass is 278 g/mol. The zero-order valence-electron chi connectivity index (χ0n) is 11.1. The first-order valence-electron chi connectivity index (χ1n) is 5.92. The maximum Gasteiger partial charge on any atom is 0.229 e. The van der Waals surface area contributed by atoms with Crippen molar-refractivity contribution in [2.75, 3.05) is 25.6 Å². The zero-order chi connectivity index (χ0) is 13.8. The molecule has 0 fully saturated rings. The van der Waals surface area contributed by atoms with Crippen molar-refractivity contribution in [3.63, 3.8) is 0 Å². The van der Waals surface area contributed by atoms with Gasteiger partial charge in [-0.2, -0.15) is 15.0 Å². The van der Waals surface area contributed by atoms with Gasteiger partial charge in [0.15, 0.2) is 5.82 Å². The lowest BCUT2D eigenvalue weighted by Crippen LogP contribution is -2.13. The Bertz CT molecular complexity index is 557. The molecule has 0 N–H and O–H groups in total. The first-order chi connectivity index (χ1) is 9.10. The van der Waals surface area contributed by atoms with Crippen LogP contribution in [0.2, 0.25) is 5.28 Å². The summed E-state index contributed by atoms with van der Waals surface area (Å²) in [5.41, 5.74) is 0.871. The van der Waals surface area contributed by atoms with Crippen LogP contribution in [0.4, 0.5) is 5.95 Å². The molecule has 2 aromatic rings. The number of hydrogen-bond donors (Lipinski definition) is 0. The van der Waals surface area contributed by atoms with Gasteiger partial charge in [0.25, 0.3) is 0 Å². The van der Waals surface area contributed by atoms with Crippen molar-refractivity contribution in [2.45, 2.75) is 6.92 Å². The fraction of sp³-hybridized carbons (Fsp3) is 0.308. The Balaban J connectivity index is 2.35. The molecule has 0 saturated carbocycles. The van der Waals surface area contributed by atoms with Crippen molar-refractivity contribution in [1.82, 2.24) is 15.0 Å². The number of benzene rings is 1. The summed E-state index contributed by atoms with van der Waals surface area (Å²) in [6.07, 6.45) is 0. The van der Waals surface area contributed by atoms with Crippen LogP contribution in [0, 0.1) is 0 Å². The maximum absolute atomic E-state index is 5.91. The van der Waals surface area contributed by atoms with Crippen molar-refractivity contribution in [3.05, 3.63) is 29.5 Å². The van der Waals surface area contributed by atoms with Crippen molar-refractivity contribution >= 4 is 17.5 Å². The Hall–Kier alpha value is -1.88. The van der Waals surface area contributed by atoms with E-state index in [0.717, 1.165) is 11.3 Å². The molecule has 1 aromatic heterocycles. The largest absolute Gasteiger partial charge is 0.494 e. The van der Waals surface area contributed by atoms with Gasteiger partial charge >= 0.3 is 0 Å². The lowest BCUT2D eigenvalue weighted by atomic mass is 10.2. The van der Waals surface area contributed by atoms with E-state index in [1.165, 1.54) is 0 Å². The Morgan fingerprint density at radius 2 is 1.79 bits per heavy atom. The Kier molecular flexibility index (Phi) is 4.16. The molecule has 100 valence electrons. The Morgan fingerprint density at radius 1 is 1.11 bits per heavy atom. The third-order valence-electron chi connectivity index (χ3n) is 2.42. The number of halogens is 1. The molecule has 0 spiro atoms. The number of ether oxygens (including phenoxy) is 1. The van der Waals surface area contributed by atoms with E-state index in [9.17, 15) is 0 Å². The minimum Gasteiger partial charge on any atom is -0.494 e. The highest BCUT2D eigenvalue weighted by Gasteiger charge is 2.08. The number of rotatable bonds is 4. The SMILES string of the molecule is CCOc1ccc(-c2nc(Cl)nc(N(C)C)n2)cc1. The van der Waals surface area contributed by atoms with Crippen LogP contribution in [0.3, 0.4) is 0 Å². The first kappa shape index (κ1) is 13.5. The number of hydrogen-bond acceptors (Lipinski definition) is 5. The highest BCUT2D eigenvalue weighted by atomic mass is 35.5. The predicted molar refractivity (Wildman–Crippen MR) is 75.8 cm³/mol. The summed E-state index contributed by atoms with van der Waals surface area (Å²) < 4.78 is 5.39. The second-order valence-corrected chi connectivity index (χ2v) is 4.42. The summed E-state index contributed by atoms with van der Waals surface area (Å²) in [5.74, 6) is 1.90. The molecule has 0 aliphatic rings. The second kappa shape index (κ2) is 5.84. The van der Waals surface area contributed by atoms with Gasteiger partial charge in [-0.3, -0.25) is 0 Å². The second-order valence-electron chi connectivity index (χ2n) is 4.08. The van der Waals surface area contributed by atoms with Gasteiger partial charge in [-0.15, -0.1) is 0 Å². The van der Waals surface area contributed by atoms with Crippen LogP contribution in [-0.4, -0.2) is 35.7 Å². The third kappa shape index (κ3) is 3.32. The highest BCUT2D eigenvalue weighted by molar-refractivity contribution is 6.28. The molecule has 0 radical (unpaired) electrons. The predicted octanol–water partition coefficient (Wildman–Crippen LogP) is 2.66. The average Bonchev–Trinajstić information content (AvgIpc) is 2.39. The normalized spacial score (nSPS) is 10.3. The molecular weight excluding hydrogens is 264 g/mol. The molecule has 6 heteroatoms. The van der Waals surface area contributed by atoms with Crippen molar-refractivity contribution in [1.29, 1.82) is 0 Å². The van der Waals surface area contributed by atoms with Crippen LogP contribution >= 0.6 is 11.6 Å². The van der Waals surface area contributed by atoms with E-state index < -0.39 is 0 Å². The van der Waals surface area contributed by atoms with E-state index in [2.05, 4.69) is 15.0 Å². The van der Waals surface area contributed by atoms with Gasteiger partial charge in [-0.1, -0.05) is 0 Å². The van der Waals surface area contributed by atoms with E-state index in [1.807, 2.05) is 45.3 Å². The van der Waals surface area contributed by atoms with Gasteiger partial charge in [-0.05, 0) is 42.8 Å². The van der Waals surface area contributed by atoms with Gasteiger partial charge in [0.1, 0.15) is 5.75 Å². The van der Waals surface area contributed by atoms with Crippen LogP contribution < -0.4 is 9.64 Å². The van der Waals surface area contributed by atoms with Crippen LogP contribution in [0.25, 0.3) is 11.4 Å². The fourth-order valence-electron chi connectivity index (χ4n) is 1.54. The summed E-state index contributed by atoms with van der Waals surface area (Å²) in [4.78, 5) is 14.3. The van der Waals surface area contributed by atoms with E-state index in [0.29, 0.717) is 18.4 Å². The van der Waals surface area contributed by atoms with Gasteiger partial charge in [0.05, 0.1) is 6.61 Å². The van der Waals surface area contributed by atoms with Gasteiger partial charge in [0.2, 0.25) is 11.2 Å². The van der Waals surface area contributed by atoms with Crippen LogP contribution in [0.5, 0.6) is 5.75 Å². The van der Waals surface area contributed by atoms with E-state index in [4.69, 9.17) is 16.3 Å². The van der Waals surface area contributed by atoms with Gasteiger partial charge in [-0.25, -0.2) is 0 Å². The maximum atomic E-state index is 5.91. The van der Waals surface area contributed by atoms with Crippen LogP contribution in [0.1, 0.15) is 6.92 Å². The standard InChI is InChI=1S/C13H15ClN4O/c1-4-19-10-7-5-9(6-8-10)11-15-12(14)17-13(16-11)18(2)3/h5-8H,4H2,1-3H3. The summed E-state index contributed by atoms with van der Waals surface area (Å²) in [7, 11) is 3.71. The lowest BCUT2D eigenvalue weighted by molar-refractivity contribution is 0.340. The molecule has 1 heterocycles. The molecule has 19 heavy (non-hydrogen) atoms. The molecule has 0 unspecified atom stereocenters. The molecule has 0 aliphatic heterocycles. The van der Waals surface area contributed by atoms with E-state index in [-0.39, 0.29) is 5.28 Å². The number of aromatic nitrogens is 3. The smallest absolute Gasteiger partial charge is 0.229 e. The molecule has 0 aliphatic carbocycles. The number of anilines is 1. The van der Waals surface area contributed by atoms with E-state index >= 15 is 0 Å². The average molecular weight is 279 g/mol. The molecule has 5 nitrogen and oxygen atoms in total. The highest BCUT2D eigenvalue weighted by Crippen LogP contribution is 2.21. The molecule has 0 saturated heterocycles. The molecule has 1 aromatic carbocycles. The van der Waals surface area contributed by atoms with Crippen LogP contribution in [-0.2, 0) is 0 Å². The molecule has 0 amide bonds. The summed E-state index contributed by atoms with van der Waals surface area (Å²) in [5, 5.41) is 0.183. The molecule has 0 atom stereocenters. The van der Waals surface area contributed by atoms with Crippen molar-refractivity contribution in [2.24, 2.45) is 0 Å². The van der Waals surface area contributed by atoms with Crippen LogP contribution in [0.15, 0.2) is 24.3 Å².